The van der Waals surface area contributed by atoms with Crippen molar-refractivity contribution in [3.63, 3.8) is 0 Å². The van der Waals surface area contributed by atoms with E-state index in [1.807, 2.05) is 13.8 Å². The van der Waals surface area contributed by atoms with Gasteiger partial charge in [0.05, 0.1) is 15.1 Å². The Balaban J connectivity index is 1.80. The zero-order chi connectivity index (χ0) is 23.0. The number of esters is 1. The Morgan fingerprint density at radius 2 is 1.52 bits per heavy atom. The number of anilines is 1. The molecule has 2 rings (SSSR count). The standard InChI is InChI=1S/C21H21Cl3N2O5/c1-3-26(4-2)21(29)13-5-7-14(8-6-13)25-19(27)11-31-20(28)12-30-18-10-16(23)15(22)9-17(18)24/h5-10H,3-4,11-12H2,1-2H3,(H,25,27). The van der Waals surface area contributed by atoms with Crippen molar-refractivity contribution in [3.8, 4) is 5.75 Å². The van der Waals surface area contributed by atoms with E-state index in [9.17, 15) is 14.4 Å². The second-order valence-electron chi connectivity index (χ2n) is 6.25. The highest BCUT2D eigenvalue weighted by Gasteiger charge is 2.14. The van der Waals surface area contributed by atoms with Crippen LogP contribution in [-0.4, -0.2) is 49.0 Å². The maximum absolute atomic E-state index is 12.3. The molecule has 0 atom stereocenters. The van der Waals surface area contributed by atoms with E-state index < -0.39 is 25.1 Å². The molecule has 0 fully saturated rings. The van der Waals surface area contributed by atoms with Crippen molar-refractivity contribution in [1.29, 1.82) is 0 Å². The number of carbonyl (C=O) groups is 3. The van der Waals surface area contributed by atoms with Crippen molar-refractivity contribution in [3.05, 3.63) is 57.0 Å². The van der Waals surface area contributed by atoms with Gasteiger partial charge in [0.1, 0.15) is 5.75 Å². The number of nitrogens with one attached hydrogen (secondary N) is 1. The summed E-state index contributed by atoms with van der Waals surface area (Å²) in [4.78, 5) is 37.8. The van der Waals surface area contributed by atoms with Gasteiger partial charge in [-0.3, -0.25) is 9.59 Å². The van der Waals surface area contributed by atoms with Gasteiger partial charge in [0.25, 0.3) is 11.8 Å². The predicted octanol–water partition coefficient (Wildman–Crippen LogP) is 4.69. The van der Waals surface area contributed by atoms with Gasteiger partial charge in [-0.1, -0.05) is 34.8 Å². The molecule has 0 aliphatic heterocycles. The number of benzene rings is 2. The topological polar surface area (TPSA) is 84.9 Å². The smallest absolute Gasteiger partial charge is 0.344 e. The lowest BCUT2D eigenvalue weighted by atomic mass is 10.2. The number of ether oxygens (including phenoxy) is 2. The van der Waals surface area contributed by atoms with Crippen molar-refractivity contribution >= 4 is 58.3 Å². The van der Waals surface area contributed by atoms with Gasteiger partial charge in [0.15, 0.2) is 13.2 Å². The molecule has 2 aromatic carbocycles. The summed E-state index contributed by atoms with van der Waals surface area (Å²) in [5.74, 6) is -1.23. The van der Waals surface area contributed by atoms with E-state index in [2.05, 4.69) is 5.32 Å². The molecule has 166 valence electrons. The van der Waals surface area contributed by atoms with Gasteiger partial charge in [-0.25, -0.2) is 4.79 Å². The Morgan fingerprint density at radius 3 is 2.13 bits per heavy atom. The molecule has 0 heterocycles. The van der Waals surface area contributed by atoms with E-state index in [0.717, 1.165) is 0 Å². The number of hydrogen-bond donors (Lipinski definition) is 1. The minimum absolute atomic E-state index is 0.0844. The van der Waals surface area contributed by atoms with E-state index in [-0.39, 0.29) is 26.7 Å². The molecule has 31 heavy (non-hydrogen) atoms. The largest absolute Gasteiger partial charge is 0.480 e. The van der Waals surface area contributed by atoms with Gasteiger partial charge in [0, 0.05) is 30.4 Å². The van der Waals surface area contributed by atoms with Crippen molar-refractivity contribution in [2.45, 2.75) is 13.8 Å². The van der Waals surface area contributed by atoms with Crippen LogP contribution in [0, 0.1) is 0 Å². The van der Waals surface area contributed by atoms with Crippen molar-refractivity contribution in [1.82, 2.24) is 4.90 Å². The predicted molar refractivity (Wildman–Crippen MR) is 120 cm³/mol. The van der Waals surface area contributed by atoms with Crippen LogP contribution < -0.4 is 10.1 Å². The third kappa shape index (κ3) is 7.31. The maximum Gasteiger partial charge on any atom is 0.344 e. The molecular formula is C21H21Cl3N2O5. The Morgan fingerprint density at radius 1 is 0.903 bits per heavy atom. The van der Waals surface area contributed by atoms with Gasteiger partial charge in [-0.05, 0) is 44.2 Å². The average Bonchev–Trinajstić information content (AvgIpc) is 2.75. The summed E-state index contributed by atoms with van der Waals surface area (Å²) in [7, 11) is 0. The molecule has 0 aromatic heterocycles. The lowest BCUT2D eigenvalue weighted by Gasteiger charge is -2.18. The Kier molecular flexibility index (Phi) is 9.43. The number of hydrogen-bond acceptors (Lipinski definition) is 5. The fourth-order valence-corrected chi connectivity index (χ4v) is 3.12. The quantitative estimate of drug-likeness (QED) is 0.410. The Labute approximate surface area is 195 Å². The monoisotopic (exact) mass is 486 g/mol. The third-order valence-corrected chi connectivity index (χ3v) is 5.17. The van der Waals surface area contributed by atoms with Gasteiger partial charge in [-0.2, -0.15) is 0 Å². The fourth-order valence-electron chi connectivity index (χ4n) is 2.53. The molecule has 0 saturated carbocycles. The van der Waals surface area contributed by atoms with E-state index in [4.69, 9.17) is 44.3 Å². The van der Waals surface area contributed by atoms with Crippen LogP contribution in [0.1, 0.15) is 24.2 Å². The first-order chi connectivity index (χ1) is 14.7. The lowest BCUT2D eigenvalue weighted by molar-refractivity contribution is -0.149. The first-order valence-corrected chi connectivity index (χ1v) is 10.5. The lowest BCUT2D eigenvalue weighted by Crippen LogP contribution is -2.30. The molecule has 7 nitrogen and oxygen atoms in total. The van der Waals surface area contributed by atoms with Crippen LogP contribution in [0.3, 0.4) is 0 Å². The van der Waals surface area contributed by atoms with Crippen LogP contribution in [0.4, 0.5) is 5.69 Å². The third-order valence-electron chi connectivity index (χ3n) is 4.15. The van der Waals surface area contributed by atoms with Crippen LogP contribution in [0.25, 0.3) is 0 Å². The highest BCUT2D eigenvalue weighted by Crippen LogP contribution is 2.33. The van der Waals surface area contributed by atoms with Crippen molar-refractivity contribution < 1.29 is 23.9 Å². The minimum Gasteiger partial charge on any atom is -0.480 e. The summed E-state index contributed by atoms with van der Waals surface area (Å²) in [5.41, 5.74) is 0.988. The van der Waals surface area contributed by atoms with Crippen LogP contribution in [0.2, 0.25) is 15.1 Å². The molecular weight excluding hydrogens is 467 g/mol. The second kappa shape index (κ2) is 11.8. The molecule has 0 bridgehead atoms. The summed E-state index contributed by atoms with van der Waals surface area (Å²) in [6, 6.07) is 9.22. The van der Waals surface area contributed by atoms with E-state index in [1.54, 1.807) is 29.2 Å². The van der Waals surface area contributed by atoms with Gasteiger partial charge >= 0.3 is 5.97 Å². The zero-order valence-electron chi connectivity index (χ0n) is 16.9. The average molecular weight is 488 g/mol. The van der Waals surface area contributed by atoms with E-state index in [1.165, 1.54) is 12.1 Å². The number of halogens is 3. The molecule has 0 aliphatic carbocycles. The second-order valence-corrected chi connectivity index (χ2v) is 7.47. The van der Waals surface area contributed by atoms with E-state index >= 15 is 0 Å². The van der Waals surface area contributed by atoms with Crippen LogP contribution in [-0.2, 0) is 14.3 Å². The normalized spacial score (nSPS) is 10.4. The first-order valence-electron chi connectivity index (χ1n) is 9.37. The SMILES string of the molecule is CCN(CC)C(=O)c1ccc(NC(=O)COC(=O)COc2cc(Cl)c(Cl)cc2Cl)cc1. The number of rotatable bonds is 9. The van der Waals surface area contributed by atoms with Crippen LogP contribution in [0.5, 0.6) is 5.75 Å². The molecule has 0 saturated heterocycles. The first kappa shape index (κ1) is 24.8. The minimum atomic E-state index is -0.766. The molecule has 0 radical (unpaired) electrons. The maximum atomic E-state index is 12.3. The van der Waals surface area contributed by atoms with Gasteiger partial charge in [-0.15, -0.1) is 0 Å². The Bertz CT molecular complexity index is 947. The van der Waals surface area contributed by atoms with Gasteiger partial charge < -0.3 is 19.7 Å². The van der Waals surface area contributed by atoms with Crippen LogP contribution in [0.15, 0.2) is 36.4 Å². The molecule has 1 N–H and O–H groups in total. The molecule has 2 amide bonds. The Hall–Kier alpha value is -2.48. The fraction of sp³-hybridized carbons (Fsp3) is 0.286. The molecule has 0 aliphatic rings. The summed E-state index contributed by atoms with van der Waals surface area (Å²) in [5, 5.41) is 3.24. The summed E-state index contributed by atoms with van der Waals surface area (Å²) in [6.45, 7) is 4.06. The number of carbonyl (C=O) groups excluding carboxylic acids is 3. The number of amides is 2. The molecule has 0 unspecified atom stereocenters. The van der Waals surface area contributed by atoms with Crippen LogP contribution >= 0.6 is 34.8 Å². The number of nitrogens with zero attached hydrogens (tertiary/aromatic N) is 1. The molecule has 10 heteroatoms. The van der Waals surface area contributed by atoms with Gasteiger partial charge in [0.2, 0.25) is 0 Å². The zero-order valence-corrected chi connectivity index (χ0v) is 19.2. The summed E-state index contributed by atoms with van der Waals surface area (Å²) < 4.78 is 10.1. The van der Waals surface area contributed by atoms with Crippen molar-refractivity contribution in [2.24, 2.45) is 0 Å². The molecule has 0 spiro atoms. The highest BCUT2D eigenvalue weighted by atomic mass is 35.5. The summed E-state index contributed by atoms with van der Waals surface area (Å²) >= 11 is 17.7. The highest BCUT2D eigenvalue weighted by molar-refractivity contribution is 6.43. The van der Waals surface area contributed by atoms with E-state index in [0.29, 0.717) is 24.3 Å². The van der Waals surface area contributed by atoms with Crippen molar-refractivity contribution in [2.75, 3.05) is 31.6 Å². The molecule has 2 aromatic rings. The summed E-state index contributed by atoms with van der Waals surface area (Å²) in [6.07, 6.45) is 0.